The molecule has 0 radical (unpaired) electrons. The quantitative estimate of drug-likeness (QED) is 0.822. The Morgan fingerprint density at radius 1 is 1.44 bits per heavy atom. The summed E-state index contributed by atoms with van der Waals surface area (Å²) in [6.07, 6.45) is 2.54. The lowest BCUT2D eigenvalue weighted by atomic mass is 9.94. The Hall–Kier alpha value is -1.22. The number of rotatable bonds is 3. The Balaban J connectivity index is 1.96. The van der Waals surface area contributed by atoms with Gasteiger partial charge in [-0.25, -0.2) is 0 Å². The van der Waals surface area contributed by atoms with Crippen LogP contribution in [0.5, 0.6) is 11.5 Å². The molecule has 1 fully saturated rings. The number of benzene rings is 1. The summed E-state index contributed by atoms with van der Waals surface area (Å²) in [4.78, 5) is 0. The fourth-order valence-corrected chi connectivity index (χ4v) is 2.13. The topological polar surface area (TPSA) is 41.5 Å². The van der Waals surface area contributed by atoms with E-state index in [0.717, 1.165) is 13.1 Å². The first kappa shape index (κ1) is 11.3. The van der Waals surface area contributed by atoms with Gasteiger partial charge in [0.15, 0.2) is 11.5 Å². The van der Waals surface area contributed by atoms with E-state index in [-0.39, 0.29) is 11.9 Å². The minimum atomic E-state index is 0.140. The van der Waals surface area contributed by atoms with Crippen LogP contribution in [-0.2, 0) is 0 Å². The van der Waals surface area contributed by atoms with E-state index in [1.807, 2.05) is 12.1 Å². The molecule has 88 valence electrons. The molecule has 2 N–H and O–H groups in total. The third kappa shape index (κ3) is 2.67. The van der Waals surface area contributed by atoms with Crippen molar-refractivity contribution in [3.05, 3.63) is 24.3 Å². The molecule has 2 rings (SSSR count). The van der Waals surface area contributed by atoms with Gasteiger partial charge >= 0.3 is 0 Å². The summed E-state index contributed by atoms with van der Waals surface area (Å²) < 4.78 is 5.79. The molecule has 0 aliphatic carbocycles. The summed E-state index contributed by atoms with van der Waals surface area (Å²) in [5.74, 6) is 1.34. The maximum absolute atomic E-state index is 9.62. The van der Waals surface area contributed by atoms with Crippen LogP contribution >= 0.6 is 0 Å². The average Bonchev–Trinajstić information content (AvgIpc) is 2.33. The summed E-state index contributed by atoms with van der Waals surface area (Å²) >= 11 is 0. The second-order valence-corrected chi connectivity index (χ2v) is 4.40. The summed E-state index contributed by atoms with van der Waals surface area (Å²) in [7, 11) is 0. The van der Waals surface area contributed by atoms with E-state index in [2.05, 4.69) is 12.2 Å². The van der Waals surface area contributed by atoms with Crippen molar-refractivity contribution < 1.29 is 9.84 Å². The van der Waals surface area contributed by atoms with Crippen LogP contribution in [0.2, 0.25) is 0 Å². The molecule has 1 saturated heterocycles. The standard InChI is InChI=1S/C13H19NO2/c1-10(11-5-4-8-14-9-11)16-13-7-3-2-6-12(13)15/h2-3,6-7,10-11,14-15H,4-5,8-9H2,1H3. The SMILES string of the molecule is CC(Oc1ccccc1O)C1CCCNC1. The maximum Gasteiger partial charge on any atom is 0.161 e. The van der Waals surface area contributed by atoms with Gasteiger partial charge in [-0.05, 0) is 38.4 Å². The van der Waals surface area contributed by atoms with Crippen LogP contribution in [0.25, 0.3) is 0 Å². The van der Waals surface area contributed by atoms with E-state index in [1.165, 1.54) is 12.8 Å². The van der Waals surface area contributed by atoms with Crippen molar-refractivity contribution in [3.8, 4) is 11.5 Å². The highest BCUT2D eigenvalue weighted by atomic mass is 16.5. The molecule has 0 saturated carbocycles. The largest absolute Gasteiger partial charge is 0.504 e. The molecule has 0 spiro atoms. The molecule has 0 bridgehead atoms. The zero-order valence-corrected chi connectivity index (χ0v) is 9.65. The summed E-state index contributed by atoms with van der Waals surface area (Å²) in [5.41, 5.74) is 0. The Morgan fingerprint density at radius 2 is 2.25 bits per heavy atom. The Morgan fingerprint density at radius 3 is 2.94 bits per heavy atom. The van der Waals surface area contributed by atoms with Gasteiger partial charge in [0.2, 0.25) is 0 Å². The van der Waals surface area contributed by atoms with Crippen LogP contribution < -0.4 is 10.1 Å². The molecule has 1 aliphatic heterocycles. The smallest absolute Gasteiger partial charge is 0.161 e. The second kappa shape index (κ2) is 5.21. The zero-order valence-electron chi connectivity index (χ0n) is 9.65. The molecule has 1 aliphatic rings. The molecule has 3 nitrogen and oxygen atoms in total. The number of aromatic hydroxyl groups is 1. The summed E-state index contributed by atoms with van der Waals surface area (Å²) in [5, 5.41) is 13.0. The third-order valence-corrected chi connectivity index (χ3v) is 3.18. The number of piperidine rings is 1. The van der Waals surface area contributed by atoms with Crippen LogP contribution in [0.15, 0.2) is 24.3 Å². The molecule has 2 unspecified atom stereocenters. The van der Waals surface area contributed by atoms with Crippen LogP contribution in [0.1, 0.15) is 19.8 Å². The summed E-state index contributed by atoms with van der Waals surface area (Å²) in [6, 6.07) is 7.14. The van der Waals surface area contributed by atoms with Crippen molar-refractivity contribution in [1.82, 2.24) is 5.32 Å². The lowest BCUT2D eigenvalue weighted by Gasteiger charge is -2.28. The lowest BCUT2D eigenvalue weighted by molar-refractivity contribution is 0.127. The third-order valence-electron chi connectivity index (χ3n) is 3.18. The van der Waals surface area contributed by atoms with Crippen molar-refractivity contribution in [2.75, 3.05) is 13.1 Å². The van der Waals surface area contributed by atoms with Crippen molar-refractivity contribution >= 4 is 0 Å². The van der Waals surface area contributed by atoms with Crippen LogP contribution in [0.4, 0.5) is 0 Å². The number of nitrogens with one attached hydrogen (secondary N) is 1. The molecule has 1 aromatic rings. The van der Waals surface area contributed by atoms with Crippen molar-refractivity contribution in [1.29, 1.82) is 0 Å². The molecule has 3 heteroatoms. The predicted octanol–water partition coefficient (Wildman–Crippen LogP) is 2.16. The van der Waals surface area contributed by atoms with Gasteiger partial charge in [-0.2, -0.15) is 0 Å². The molecule has 1 aromatic carbocycles. The Bertz CT molecular complexity index is 334. The highest BCUT2D eigenvalue weighted by Crippen LogP contribution is 2.28. The van der Waals surface area contributed by atoms with Gasteiger partial charge in [0, 0.05) is 12.5 Å². The fraction of sp³-hybridized carbons (Fsp3) is 0.538. The van der Waals surface area contributed by atoms with Gasteiger partial charge in [-0.1, -0.05) is 12.1 Å². The van der Waals surface area contributed by atoms with E-state index in [0.29, 0.717) is 11.7 Å². The van der Waals surface area contributed by atoms with Gasteiger partial charge < -0.3 is 15.2 Å². The van der Waals surface area contributed by atoms with Crippen LogP contribution in [0.3, 0.4) is 0 Å². The number of hydrogen-bond acceptors (Lipinski definition) is 3. The minimum absolute atomic E-state index is 0.140. The van der Waals surface area contributed by atoms with Gasteiger partial charge in [-0.15, -0.1) is 0 Å². The number of hydrogen-bond donors (Lipinski definition) is 2. The van der Waals surface area contributed by atoms with Crippen molar-refractivity contribution in [3.63, 3.8) is 0 Å². The fourth-order valence-electron chi connectivity index (χ4n) is 2.13. The van der Waals surface area contributed by atoms with Crippen molar-refractivity contribution in [2.24, 2.45) is 5.92 Å². The Kier molecular flexibility index (Phi) is 3.67. The summed E-state index contributed by atoms with van der Waals surface area (Å²) in [6.45, 7) is 4.19. The molecule has 16 heavy (non-hydrogen) atoms. The lowest BCUT2D eigenvalue weighted by Crippen LogP contribution is -2.37. The van der Waals surface area contributed by atoms with E-state index in [9.17, 15) is 5.11 Å². The first-order valence-corrected chi connectivity index (χ1v) is 5.93. The molecule has 2 atom stereocenters. The molecule has 0 amide bonds. The number of ether oxygens (including phenoxy) is 1. The van der Waals surface area contributed by atoms with E-state index >= 15 is 0 Å². The highest BCUT2D eigenvalue weighted by Gasteiger charge is 2.21. The molecule has 0 aromatic heterocycles. The van der Waals surface area contributed by atoms with Gasteiger partial charge in [-0.3, -0.25) is 0 Å². The van der Waals surface area contributed by atoms with Gasteiger partial charge in [0.05, 0.1) is 0 Å². The maximum atomic E-state index is 9.62. The van der Waals surface area contributed by atoms with Gasteiger partial charge in [0.1, 0.15) is 6.10 Å². The van der Waals surface area contributed by atoms with E-state index in [1.54, 1.807) is 12.1 Å². The number of phenols is 1. The number of phenolic OH excluding ortho intramolecular Hbond substituents is 1. The first-order valence-electron chi connectivity index (χ1n) is 5.93. The highest BCUT2D eigenvalue weighted by molar-refractivity contribution is 5.38. The van der Waals surface area contributed by atoms with E-state index < -0.39 is 0 Å². The molecule has 1 heterocycles. The Labute approximate surface area is 96.4 Å². The second-order valence-electron chi connectivity index (χ2n) is 4.40. The normalized spacial score (nSPS) is 22.7. The van der Waals surface area contributed by atoms with Crippen molar-refractivity contribution in [2.45, 2.75) is 25.9 Å². The van der Waals surface area contributed by atoms with Crippen LogP contribution in [-0.4, -0.2) is 24.3 Å². The van der Waals surface area contributed by atoms with Gasteiger partial charge in [0.25, 0.3) is 0 Å². The van der Waals surface area contributed by atoms with E-state index in [4.69, 9.17) is 4.74 Å². The molecular formula is C13H19NO2. The van der Waals surface area contributed by atoms with Crippen LogP contribution in [0, 0.1) is 5.92 Å². The zero-order chi connectivity index (χ0) is 11.4. The minimum Gasteiger partial charge on any atom is -0.504 e. The first-order chi connectivity index (χ1) is 7.77. The predicted molar refractivity (Wildman–Crippen MR) is 63.8 cm³/mol. The monoisotopic (exact) mass is 221 g/mol. The average molecular weight is 221 g/mol. The molecular weight excluding hydrogens is 202 g/mol. The number of para-hydroxylation sites is 2.